The van der Waals surface area contributed by atoms with E-state index in [0.29, 0.717) is 0 Å². The van der Waals surface area contributed by atoms with Crippen LogP contribution < -0.4 is 5.73 Å². The molecule has 2 atom stereocenters. The minimum Gasteiger partial charge on any atom is -0.479 e. The molecular weight excluding hydrogens is 502 g/mol. The molecule has 0 spiro atoms. The number of fused-ring (bicyclic) bond motifs is 1. The summed E-state index contributed by atoms with van der Waals surface area (Å²) in [4.78, 5) is 46.9. The molecule has 6 N–H and O–H groups in total. The lowest BCUT2D eigenvalue weighted by atomic mass is 9.93. The predicted octanol–water partition coefficient (Wildman–Crippen LogP) is 0.823. The molecule has 0 saturated heterocycles. The fourth-order valence-electron chi connectivity index (χ4n) is 3.41. The van der Waals surface area contributed by atoms with Crippen LogP contribution in [0.25, 0.3) is 11.2 Å². The third kappa shape index (κ3) is 5.52. The zero-order valence-corrected chi connectivity index (χ0v) is 19.5. The van der Waals surface area contributed by atoms with Gasteiger partial charge in [-0.3, -0.25) is 4.57 Å². The maximum atomic E-state index is 12.0. The van der Waals surface area contributed by atoms with Gasteiger partial charge in [-0.05, 0) is 29.3 Å². The van der Waals surface area contributed by atoms with Crippen LogP contribution in [0.2, 0.25) is 5.28 Å². The number of aliphatic hydroxyl groups is 1. The van der Waals surface area contributed by atoms with Crippen molar-refractivity contribution >= 4 is 46.5 Å². The van der Waals surface area contributed by atoms with E-state index in [0.717, 1.165) is 0 Å². The standard InChI is InChI=1S/C21H22ClN5O9/c1-35-12(6-13(28)27-9-24-14-15(23)25-20(22)26-16(14)27)8-36-21(18(31)32,19(33)34)7-10-2-4-11(5-3-10)17(29)30/h2-5,9,12-13,28H,6-8H2,1H3,(H,29,30)(H,31,32)(H,33,34)(H2,23,25,26)/t12-,13+/m0/s1. The van der Waals surface area contributed by atoms with Gasteiger partial charge in [0.1, 0.15) is 11.7 Å². The number of ether oxygens (including phenoxy) is 2. The summed E-state index contributed by atoms with van der Waals surface area (Å²) in [6.45, 7) is -0.524. The molecule has 2 heterocycles. The monoisotopic (exact) mass is 523 g/mol. The minimum atomic E-state index is -2.70. The average molecular weight is 524 g/mol. The van der Waals surface area contributed by atoms with E-state index < -0.39 is 48.9 Å². The van der Waals surface area contributed by atoms with Crippen molar-refractivity contribution < 1.29 is 44.3 Å². The van der Waals surface area contributed by atoms with E-state index in [-0.39, 0.29) is 39.8 Å². The van der Waals surface area contributed by atoms with Gasteiger partial charge in [0.05, 0.1) is 24.6 Å². The van der Waals surface area contributed by atoms with Crippen molar-refractivity contribution in [2.24, 2.45) is 0 Å². The third-order valence-electron chi connectivity index (χ3n) is 5.41. The molecule has 0 aliphatic rings. The van der Waals surface area contributed by atoms with E-state index >= 15 is 0 Å². The van der Waals surface area contributed by atoms with Crippen LogP contribution in [0.1, 0.15) is 28.6 Å². The molecule has 0 bridgehead atoms. The van der Waals surface area contributed by atoms with Gasteiger partial charge in [-0.2, -0.15) is 9.97 Å². The maximum Gasteiger partial charge on any atom is 0.348 e. The number of nitrogens with zero attached hydrogens (tertiary/aromatic N) is 4. The zero-order valence-electron chi connectivity index (χ0n) is 18.7. The number of rotatable bonds is 12. The van der Waals surface area contributed by atoms with Crippen molar-refractivity contribution in [3.63, 3.8) is 0 Å². The number of aromatic carboxylic acids is 1. The quantitative estimate of drug-likeness (QED) is 0.164. The Morgan fingerprint density at radius 3 is 2.33 bits per heavy atom. The first-order chi connectivity index (χ1) is 17.0. The van der Waals surface area contributed by atoms with Crippen LogP contribution in [0.4, 0.5) is 5.82 Å². The molecule has 0 aliphatic heterocycles. The second-order valence-corrected chi connectivity index (χ2v) is 8.04. The van der Waals surface area contributed by atoms with Crippen molar-refractivity contribution in [3.8, 4) is 0 Å². The second kappa shape index (κ2) is 10.8. The van der Waals surface area contributed by atoms with Crippen LogP contribution in [0.15, 0.2) is 30.6 Å². The largest absolute Gasteiger partial charge is 0.479 e. The first kappa shape index (κ1) is 26.7. The molecule has 15 heteroatoms. The van der Waals surface area contributed by atoms with Crippen molar-refractivity contribution in [1.29, 1.82) is 0 Å². The van der Waals surface area contributed by atoms with Gasteiger partial charge in [0.15, 0.2) is 11.5 Å². The smallest absolute Gasteiger partial charge is 0.348 e. The summed E-state index contributed by atoms with van der Waals surface area (Å²) < 4.78 is 11.9. The van der Waals surface area contributed by atoms with E-state index in [4.69, 9.17) is 31.9 Å². The lowest BCUT2D eigenvalue weighted by molar-refractivity contribution is -0.188. The molecule has 3 rings (SSSR count). The van der Waals surface area contributed by atoms with Gasteiger partial charge in [-0.15, -0.1) is 0 Å². The number of hydrogen-bond donors (Lipinski definition) is 5. The Morgan fingerprint density at radius 1 is 1.14 bits per heavy atom. The number of aliphatic carboxylic acids is 2. The fraction of sp³-hybridized carbons (Fsp3) is 0.333. The highest BCUT2D eigenvalue weighted by Crippen LogP contribution is 2.25. The van der Waals surface area contributed by atoms with E-state index in [9.17, 15) is 29.7 Å². The summed E-state index contributed by atoms with van der Waals surface area (Å²) in [7, 11) is 1.28. The van der Waals surface area contributed by atoms with Crippen molar-refractivity contribution in [2.75, 3.05) is 19.5 Å². The molecule has 36 heavy (non-hydrogen) atoms. The average Bonchev–Trinajstić information content (AvgIpc) is 3.24. The molecule has 0 amide bonds. The highest BCUT2D eigenvalue weighted by molar-refractivity contribution is 6.28. The number of hydrogen-bond acceptors (Lipinski definition) is 10. The van der Waals surface area contributed by atoms with Gasteiger partial charge in [-0.1, -0.05) is 12.1 Å². The summed E-state index contributed by atoms with van der Waals surface area (Å²) in [6, 6.07) is 5.04. The lowest BCUT2D eigenvalue weighted by Gasteiger charge is -2.28. The zero-order chi connectivity index (χ0) is 26.6. The number of nitrogen functional groups attached to an aromatic ring is 1. The maximum absolute atomic E-state index is 12.0. The van der Waals surface area contributed by atoms with E-state index in [2.05, 4.69) is 15.0 Å². The van der Waals surface area contributed by atoms with Gasteiger partial charge < -0.3 is 35.6 Å². The second-order valence-electron chi connectivity index (χ2n) is 7.70. The van der Waals surface area contributed by atoms with Crippen LogP contribution in [-0.2, 0) is 25.5 Å². The van der Waals surface area contributed by atoms with Crippen molar-refractivity contribution in [1.82, 2.24) is 19.5 Å². The number of imidazole rings is 1. The Morgan fingerprint density at radius 2 is 1.78 bits per heavy atom. The minimum absolute atomic E-state index is 0.00617. The predicted molar refractivity (Wildman–Crippen MR) is 122 cm³/mol. The number of nitrogens with two attached hydrogens (primary N) is 1. The molecule has 14 nitrogen and oxygen atoms in total. The lowest BCUT2D eigenvalue weighted by Crippen LogP contribution is -2.52. The van der Waals surface area contributed by atoms with Crippen LogP contribution in [0.5, 0.6) is 0 Å². The molecule has 0 fully saturated rings. The summed E-state index contributed by atoms with van der Waals surface area (Å²) in [5.41, 5.74) is 3.57. The Balaban J connectivity index is 1.78. The van der Waals surface area contributed by atoms with Crippen molar-refractivity contribution in [2.45, 2.75) is 30.8 Å². The molecule has 1 aromatic carbocycles. The number of aromatic nitrogens is 4. The number of carbonyl (C=O) groups is 3. The van der Waals surface area contributed by atoms with Gasteiger partial charge in [0.2, 0.25) is 5.28 Å². The number of halogens is 1. The number of methoxy groups -OCH3 is 1. The molecular formula is C21H22ClN5O9. The summed E-state index contributed by atoms with van der Waals surface area (Å²) >= 11 is 5.83. The summed E-state index contributed by atoms with van der Waals surface area (Å²) in [5.74, 6) is -4.72. The van der Waals surface area contributed by atoms with E-state index in [1.807, 2.05) is 0 Å². The van der Waals surface area contributed by atoms with Crippen LogP contribution in [-0.4, -0.2) is 83.3 Å². The van der Waals surface area contributed by atoms with Crippen molar-refractivity contribution in [3.05, 3.63) is 47.0 Å². The number of benzene rings is 1. The fourth-order valence-corrected chi connectivity index (χ4v) is 3.59. The van der Waals surface area contributed by atoms with Crippen LogP contribution in [0, 0.1) is 0 Å². The van der Waals surface area contributed by atoms with Crippen LogP contribution >= 0.6 is 11.6 Å². The Labute approximate surface area is 207 Å². The SMILES string of the molecule is CO[C@H](COC(Cc1ccc(C(=O)O)cc1)(C(=O)O)C(=O)O)C[C@@H](O)n1cnc2c(N)nc(Cl)nc21. The first-order valence-corrected chi connectivity index (χ1v) is 10.7. The Kier molecular flexibility index (Phi) is 8.04. The van der Waals surface area contributed by atoms with Gasteiger partial charge in [0.25, 0.3) is 5.60 Å². The van der Waals surface area contributed by atoms with E-state index in [1.165, 1.54) is 42.3 Å². The third-order valence-corrected chi connectivity index (χ3v) is 5.58. The summed E-state index contributed by atoms with van der Waals surface area (Å²) in [6.07, 6.45) is -1.78. The van der Waals surface area contributed by atoms with Gasteiger partial charge in [-0.25, -0.2) is 19.4 Å². The van der Waals surface area contributed by atoms with E-state index in [1.54, 1.807) is 0 Å². The molecule has 0 radical (unpaired) electrons. The number of carboxylic acid groups (broad SMARTS) is 3. The summed E-state index contributed by atoms with van der Waals surface area (Å²) in [5, 5.41) is 39.0. The molecule has 2 aromatic heterocycles. The number of carboxylic acids is 3. The first-order valence-electron chi connectivity index (χ1n) is 10.3. The topological polar surface area (TPSA) is 220 Å². The Bertz CT molecular complexity index is 1270. The molecule has 0 unspecified atom stereocenters. The normalized spacial score (nSPS) is 13.4. The molecule has 0 saturated carbocycles. The van der Waals surface area contributed by atoms with Gasteiger partial charge >= 0.3 is 17.9 Å². The molecule has 3 aromatic rings. The van der Waals surface area contributed by atoms with Gasteiger partial charge in [0, 0.05) is 20.0 Å². The van der Waals surface area contributed by atoms with Crippen LogP contribution in [0.3, 0.4) is 0 Å². The number of aliphatic hydroxyl groups excluding tert-OH is 1. The molecule has 0 aliphatic carbocycles. The number of anilines is 1. The molecule has 192 valence electrons. The highest BCUT2D eigenvalue weighted by Gasteiger charge is 2.49. The Hall–Kier alpha value is -3.85. The highest BCUT2D eigenvalue weighted by atomic mass is 35.5.